The Hall–Kier alpha value is -2.00. The number of nitrogens with one attached hydrogen (secondary N) is 1. The van der Waals surface area contributed by atoms with Crippen molar-refractivity contribution in [3.8, 4) is 0 Å². The van der Waals surface area contributed by atoms with Crippen molar-refractivity contribution in [1.82, 2.24) is 5.32 Å². The van der Waals surface area contributed by atoms with Crippen LogP contribution in [-0.4, -0.2) is 17.5 Å². The van der Waals surface area contributed by atoms with Gasteiger partial charge in [0.15, 0.2) is 0 Å². The van der Waals surface area contributed by atoms with Gasteiger partial charge in [0, 0.05) is 11.6 Å². The van der Waals surface area contributed by atoms with Gasteiger partial charge in [-0.1, -0.05) is 37.6 Å². The molecule has 0 spiro atoms. The summed E-state index contributed by atoms with van der Waals surface area (Å²) in [5, 5.41) is 12.6. The Labute approximate surface area is 152 Å². The molecule has 0 aliphatic carbocycles. The molecule has 0 aliphatic heterocycles. The predicted molar refractivity (Wildman–Crippen MR) is 85.6 cm³/mol. The van der Waals surface area contributed by atoms with Gasteiger partial charge in [-0.3, -0.25) is 0 Å². The van der Waals surface area contributed by atoms with Crippen LogP contribution >= 0.6 is 0 Å². The molecule has 2 rings (SSSR count). The van der Waals surface area contributed by atoms with Crippen LogP contribution in [0, 0.1) is 0 Å². The third kappa shape index (κ3) is 4.47. The fraction of sp³-hybridized carbons (Fsp3) is 0.444. The molecule has 150 valence electrons. The molecule has 1 aromatic carbocycles. The van der Waals surface area contributed by atoms with Crippen LogP contribution in [0.4, 0.5) is 26.3 Å². The normalized spacial score (nSPS) is 14.4. The van der Waals surface area contributed by atoms with E-state index in [0.717, 1.165) is 18.6 Å². The molecule has 0 saturated carbocycles. The second-order valence-electron chi connectivity index (χ2n) is 6.13. The highest BCUT2D eigenvalue weighted by molar-refractivity contribution is 5.31. The van der Waals surface area contributed by atoms with Crippen molar-refractivity contribution >= 4 is 0 Å². The second-order valence-corrected chi connectivity index (χ2v) is 6.13. The molecule has 3 nitrogen and oxygen atoms in total. The number of aliphatic hydroxyl groups is 1. The Bertz CT molecular complexity index is 693. The van der Waals surface area contributed by atoms with Crippen molar-refractivity contribution in [3.63, 3.8) is 0 Å². The van der Waals surface area contributed by atoms with Gasteiger partial charge < -0.3 is 14.8 Å². The van der Waals surface area contributed by atoms with Gasteiger partial charge in [-0.25, -0.2) is 0 Å². The quantitative estimate of drug-likeness (QED) is 0.632. The zero-order valence-electron chi connectivity index (χ0n) is 14.4. The standard InChI is InChI=1S/C18H19F6NO2/c1-2-4-15(25-11-14-5-3-10-27-14)12-6-8-13(9-7-12)16(26,17(19,20)21)18(22,23)24/h3,5-10,15,25-26H,2,4,11H2,1H3. The van der Waals surface area contributed by atoms with Gasteiger partial charge in [0.2, 0.25) is 0 Å². The average molecular weight is 395 g/mol. The Morgan fingerprint density at radius 3 is 2.04 bits per heavy atom. The first kappa shape index (κ1) is 21.3. The highest BCUT2D eigenvalue weighted by Gasteiger charge is 2.71. The minimum atomic E-state index is -5.90. The summed E-state index contributed by atoms with van der Waals surface area (Å²) in [6.45, 7) is 2.26. The van der Waals surface area contributed by atoms with Crippen molar-refractivity contribution in [1.29, 1.82) is 0 Å². The van der Waals surface area contributed by atoms with E-state index in [9.17, 15) is 31.4 Å². The van der Waals surface area contributed by atoms with Crippen LogP contribution in [0.5, 0.6) is 0 Å². The predicted octanol–water partition coefficient (Wildman–Crippen LogP) is 5.22. The van der Waals surface area contributed by atoms with Gasteiger partial charge in [0.05, 0.1) is 12.8 Å². The molecule has 0 amide bonds. The smallest absolute Gasteiger partial charge is 0.430 e. The van der Waals surface area contributed by atoms with E-state index in [2.05, 4.69) is 5.32 Å². The van der Waals surface area contributed by atoms with Crippen LogP contribution in [0.1, 0.15) is 42.7 Å². The van der Waals surface area contributed by atoms with E-state index in [0.29, 0.717) is 36.4 Å². The number of furan rings is 1. The largest absolute Gasteiger partial charge is 0.468 e. The molecule has 0 saturated heterocycles. The van der Waals surface area contributed by atoms with E-state index >= 15 is 0 Å². The number of alkyl halides is 6. The van der Waals surface area contributed by atoms with Crippen molar-refractivity contribution in [3.05, 3.63) is 59.5 Å². The summed E-state index contributed by atoms with van der Waals surface area (Å²) in [5.41, 5.74) is -5.67. The fourth-order valence-corrected chi connectivity index (χ4v) is 2.76. The molecular formula is C18H19F6NO2. The van der Waals surface area contributed by atoms with Crippen LogP contribution in [0.25, 0.3) is 0 Å². The first-order chi connectivity index (χ1) is 12.5. The Balaban J connectivity index is 2.27. The molecule has 1 heterocycles. The lowest BCUT2D eigenvalue weighted by molar-refractivity contribution is -0.376. The lowest BCUT2D eigenvalue weighted by Crippen LogP contribution is -2.53. The molecule has 0 radical (unpaired) electrons. The van der Waals surface area contributed by atoms with Crippen LogP contribution in [0.3, 0.4) is 0 Å². The molecule has 2 N–H and O–H groups in total. The maximum absolute atomic E-state index is 13.0. The maximum Gasteiger partial charge on any atom is 0.430 e. The zero-order chi connectivity index (χ0) is 20.3. The van der Waals surface area contributed by atoms with E-state index in [1.165, 1.54) is 6.26 Å². The van der Waals surface area contributed by atoms with E-state index in [1.807, 2.05) is 6.92 Å². The number of benzene rings is 1. The summed E-state index contributed by atoms with van der Waals surface area (Å²) < 4.78 is 82.9. The molecule has 1 unspecified atom stereocenters. The summed E-state index contributed by atoms with van der Waals surface area (Å²) in [4.78, 5) is 0. The SMILES string of the molecule is CCCC(NCc1ccco1)c1ccc(C(O)(C(F)(F)F)C(F)(F)F)cc1. The van der Waals surface area contributed by atoms with Crippen LogP contribution in [-0.2, 0) is 12.1 Å². The van der Waals surface area contributed by atoms with E-state index in [1.54, 1.807) is 12.1 Å². The average Bonchev–Trinajstić information content (AvgIpc) is 3.09. The first-order valence-electron chi connectivity index (χ1n) is 8.22. The molecule has 1 aromatic heterocycles. The molecule has 0 aliphatic rings. The minimum Gasteiger partial charge on any atom is -0.468 e. The Morgan fingerprint density at radius 2 is 1.59 bits per heavy atom. The van der Waals surface area contributed by atoms with Gasteiger partial charge in [-0.05, 0) is 24.1 Å². The van der Waals surface area contributed by atoms with Crippen molar-refractivity contribution in [2.75, 3.05) is 0 Å². The van der Waals surface area contributed by atoms with E-state index in [-0.39, 0.29) is 6.04 Å². The maximum atomic E-state index is 13.0. The lowest BCUT2D eigenvalue weighted by atomic mass is 9.90. The molecule has 9 heteroatoms. The summed E-state index contributed by atoms with van der Waals surface area (Å²) >= 11 is 0. The molecule has 0 fully saturated rings. The molecule has 0 bridgehead atoms. The molecule has 2 aromatic rings. The highest BCUT2D eigenvalue weighted by Crippen LogP contribution is 2.50. The minimum absolute atomic E-state index is 0.293. The number of hydrogen-bond acceptors (Lipinski definition) is 3. The topological polar surface area (TPSA) is 45.4 Å². The van der Waals surface area contributed by atoms with Crippen molar-refractivity contribution in [2.24, 2.45) is 0 Å². The summed E-state index contributed by atoms with van der Waals surface area (Å²) in [6, 6.07) is 6.79. The van der Waals surface area contributed by atoms with Gasteiger partial charge >= 0.3 is 12.4 Å². The van der Waals surface area contributed by atoms with E-state index < -0.39 is 23.5 Å². The third-order valence-corrected chi connectivity index (χ3v) is 4.23. The Kier molecular flexibility index (Phi) is 6.26. The monoisotopic (exact) mass is 395 g/mol. The number of hydrogen-bond donors (Lipinski definition) is 2. The van der Waals surface area contributed by atoms with Crippen LogP contribution in [0.2, 0.25) is 0 Å². The van der Waals surface area contributed by atoms with Gasteiger partial charge in [0.25, 0.3) is 5.60 Å². The fourth-order valence-electron chi connectivity index (χ4n) is 2.76. The van der Waals surface area contributed by atoms with Gasteiger partial charge in [0.1, 0.15) is 5.76 Å². The van der Waals surface area contributed by atoms with Crippen LogP contribution < -0.4 is 5.32 Å². The molecule has 27 heavy (non-hydrogen) atoms. The number of rotatable bonds is 7. The third-order valence-electron chi connectivity index (χ3n) is 4.23. The van der Waals surface area contributed by atoms with Crippen molar-refractivity contribution < 1.29 is 35.9 Å². The van der Waals surface area contributed by atoms with E-state index in [4.69, 9.17) is 4.42 Å². The lowest BCUT2D eigenvalue weighted by Gasteiger charge is -2.33. The van der Waals surface area contributed by atoms with Crippen molar-refractivity contribution in [2.45, 2.75) is 50.3 Å². The number of halogens is 6. The summed E-state index contributed by atoms with van der Waals surface area (Å²) in [5.74, 6) is 0.649. The molecule has 1 atom stereocenters. The van der Waals surface area contributed by atoms with Crippen LogP contribution in [0.15, 0.2) is 47.1 Å². The zero-order valence-corrected chi connectivity index (χ0v) is 14.4. The molecular weight excluding hydrogens is 376 g/mol. The highest BCUT2D eigenvalue weighted by atomic mass is 19.4. The van der Waals surface area contributed by atoms with Gasteiger partial charge in [-0.15, -0.1) is 0 Å². The summed E-state index contributed by atoms with van der Waals surface area (Å²) in [7, 11) is 0. The Morgan fingerprint density at radius 1 is 1.00 bits per heavy atom. The summed E-state index contributed by atoms with van der Waals surface area (Å²) in [6.07, 6.45) is -8.94. The second kappa shape index (κ2) is 7.93. The van der Waals surface area contributed by atoms with Gasteiger partial charge in [-0.2, -0.15) is 26.3 Å². The first-order valence-corrected chi connectivity index (χ1v) is 8.22.